The van der Waals surface area contributed by atoms with Crippen LogP contribution in [0, 0.1) is 0 Å². The summed E-state index contributed by atoms with van der Waals surface area (Å²) >= 11 is 1.79. The second-order valence-corrected chi connectivity index (χ2v) is 12.0. The third-order valence-electron chi connectivity index (χ3n) is 4.41. The normalized spacial score (nSPS) is 16.1. The molecule has 2 rings (SSSR count). The molecule has 0 amide bonds. The van der Waals surface area contributed by atoms with Crippen molar-refractivity contribution in [2.75, 3.05) is 12.1 Å². The van der Waals surface area contributed by atoms with Crippen LogP contribution in [0.2, 0.25) is 0 Å². The number of halogens is 1. The minimum atomic E-state index is -3.63. The van der Waals surface area contributed by atoms with Gasteiger partial charge in [-0.3, -0.25) is 9.36 Å². The second-order valence-electron chi connectivity index (χ2n) is 8.49. The maximum Gasteiger partial charge on any atom is 0.334 e. The summed E-state index contributed by atoms with van der Waals surface area (Å²) < 4.78 is 30.8. The molecule has 13 nitrogen and oxygen atoms in total. The van der Waals surface area contributed by atoms with Crippen molar-refractivity contribution in [2.24, 2.45) is 0 Å². The van der Waals surface area contributed by atoms with Crippen molar-refractivity contribution < 1.29 is 28.4 Å². The van der Waals surface area contributed by atoms with Gasteiger partial charge in [-0.15, -0.1) is 0 Å². The maximum atomic E-state index is 13.8. The summed E-state index contributed by atoms with van der Waals surface area (Å²) in [6, 6.07) is -0.920. The Kier molecular flexibility index (Phi) is 10.8. The molecule has 0 saturated heterocycles. The summed E-state index contributed by atoms with van der Waals surface area (Å²) in [6.45, 7) is 10.5. The highest BCUT2D eigenvalue weighted by Gasteiger charge is 2.34. The van der Waals surface area contributed by atoms with E-state index in [4.69, 9.17) is 19.9 Å². The smallest absolute Gasteiger partial charge is 0.334 e. The number of carbonyl (C=O) groups is 2. The first-order valence-corrected chi connectivity index (χ1v) is 14.2. The number of fused-ring (bicyclic) bond motifs is 1. The van der Waals surface area contributed by atoms with Gasteiger partial charge in [0.1, 0.15) is 24.2 Å². The van der Waals surface area contributed by atoms with Gasteiger partial charge in [0.2, 0.25) is 7.44 Å². The van der Waals surface area contributed by atoms with E-state index in [0.717, 1.165) is 0 Å². The predicted octanol–water partition coefficient (Wildman–Crippen LogP) is 2.20. The van der Waals surface area contributed by atoms with Gasteiger partial charge in [-0.05, 0) is 41.5 Å². The van der Waals surface area contributed by atoms with Gasteiger partial charge < -0.3 is 24.5 Å². The van der Waals surface area contributed by atoms with Gasteiger partial charge in [-0.1, -0.05) is 22.6 Å². The van der Waals surface area contributed by atoms with Gasteiger partial charge >= 0.3 is 11.9 Å². The van der Waals surface area contributed by atoms with Crippen LogP contribution in [-0.2, 0) is 34.9 Å². The van der Waals surface area contributed by atoms with E-state index in [2.05, 4.69) is 25.1 Å². The average Bonchev–Trinajstić information content (AvgIpc) is 3.15. The zero-order valence-corrected chi connectivity index (χ0v) is 23.6. The second kappa shape index (κ2) is 12.9. The molecular weight excluding hydrogens is 592 g/mol. The topological polar surface area (TPSA) is 173 Å². The number of nitrogen functional groups attached to an aromatic ring is 1. The fraction of sp³-hybridized carbons (Fsp3) is 0.650. The Labute approximate surface area is 217 Å². The summed E-state index contributed by atoms with van der Waals surface area (Å²) in [6.07, 6.45) is 1.49. The van der Waals surface area contributed by atoms with Crippen LogP contribution in [0.5, 0.6) is 0 Å². The minimum Gasteiger partial charge on any atom is -0.462 e. The lowest BCUT2D eigenvalue weighted by Gasteiger charge is -2.27. The fourth-order valence-corrected chi connectivity index (χ4v) is 6.32. The summed E-state index contributed by atoms with van der Waals surface area (Å²) in [5.41, 5.74) is 6.85. The summed E-state index contributed by atoms with van der Waals surface area (Å²) in [5, 5.41) is 5.52. The highest BCUT2D eigenvalue weighted by atomic mass is 127. The number of imidazole rings is 1. The summed E-state index contributed by atoms with van der Waals surface area (Å²) in [5.74, 6) is -0.897. The van der Waals surface area contributed by atoms with E-state index in [1.807, 2.05) is 0 Å². The zero-order chi connectivity index (χ0) is 26.3. The number of aromatic nitrogens is 4. The van der Waals surface area contributed by atoms with Crippen LogP contribution in [0.25, 0.3) is 11.2 Å². The first-order valence-electron chi connectivity index (χ1n) is 11.0. The fourth-order valence-electron chi connectivity index (χ4n) is 2.93. The first-order chi connectivity index (χ1) is 16.3. The lowest BCUT2D eigenvalue weighted by molar-refractivity contribution is -0.149. The van der Waals surface area contributed by atoms with Crippen LogP contribution in [-0.4, -0.2) is 66.2 Å². The summed E-state index contributed by atoms with van der Waals surface area (Å²) in [4.78, 5) is 36.9. The number of carbonyl (C=O) groups excluding carboxylic acids is 2. The number of esters is 2. The van der Waals surface area contributed by atoms with Crippen LogP contribution in [0.15, 0.2) is 12.7 Å². The molecule has 0 bridgehead atoms. The van der Waals surface area contributed by atoms with Gasteiger partial charge in [0, 0.05) is 0 Å². The Hall–Kier alpha value is -1.87. The number of hydrogen-bond acceptors (Lipinski definition) is 10. The Morgan fingerprint density at radius 1 is 1.06 bits per heavy atom. The molecule has 0 aliphatic heterocycles. The molecule has 196 valence electrons. The molecule has 0 aliphatic rings. The molecule has 0 aliphatic carbocycles. The summed E-state index contributed by atoms with van der Waals surface area (Å²) in [7, 11) is -3.63. The third-order valence-corrected chi connectivity index (χ3v) is 7.72. The molecule has 0 fully saturated rings. The van der Waals surface area contributed by atoms with Gasteiger partial charge in [0.15, 0.2) is 15.5 Å². The van der Waals surface area contributed by atoms with Gasteiger partial charge in [-0.2, -0.15) is 0 Å². The number of nitrogens with one attached hydrogen (secondary N) is 2. The van der Waals surface area contributed by atoms with E-state index in [0.29, 0.717) is 17.7 Å². The lowest BCUT2D eigenvalue weighted by Crippen LogP contribution is -2.42. The van der Waals surface area contributed by atoms with Crippen molar-refractivity contribution >= 4 is 59.0 Å². The van der Waals surface area contributed by atoms with E-state index >= 15 is 0 Å². The molecule has 4 atom stereocenters. The van der Waals surface area contributed by atoms with E-state index in [-0.39, 0.29) is 24.4 Å². The Morgan fingerprint density at radius 2 is 1.69 bits per heavy atom. The van der Waals surface area contributed by atoms with Crippen LogP contribution in [0.4, 0.5) is 5.82 Å². The molecule has 2 heterocycles. The quantitative estimate of drug-likeness (QED) is 0.0976. The number of rotatable bonds is 13. The van der Waals surface area contributed by atoms with Crippen LogP contribution in [0.3, 0.4) is 0 Å². The molecule has 15 heteroatoms. The van der Waals surface area contributed by atoms with Gasteiger partial charge in [-0.25, -0.2) is 29.9 Å². The highest BCUT2D eigenvalue weighted by Crippen LogP contribution is 2.39. The number of ether oxygens (including phenoxy) is 3. The molecule has 2 unspecified atom stereocenters. The molecule has 0 spiro atoms. The van der Waals surface area contributed by atoms with Gasteiger partial charge in [0.05, 0.1) is 31.2 Å². The third kappa shape index (κ3) is 8.94. The van der Waals surface area contributed by atoms with Crippen molar-refractivity contribution in [3.63, 3.8) is 0 Å². The van der Waals surface area contributed by atoms with E-state index in [9.17, 15) is 14.2 Å². The number of alkyl halides is 1. The monoisotopic (exact) mass is 625 g/mol. The van der Waals surface area contributed by atoms with Crippen LogP contribution >= 0.6 is 30.0 Å². The highest BCUT2D eigenvalue weighted by molar-refractivity contribution is 14.1. The minimum absolute atomic E-state index is 0.267. The lowest BCUT2D eigenvalue weighted by atomic mass is 10.4. The molecular formula is C20H33IN7O6P. The SMILES string of the molecule is CC(C)OC(=O)C(C)NP(=O)(CO[C@H](C)Cn1cnc2c(N)ncnc21)N[C@@H](I)C(=O)OC(C)C. The van der Waals surface area contributed by atoms with Gasteiger partial charge in [0.25, 0.3) is 0 Å². The van der Waals surface area contributed by atoms with Crippen molar-refractivity contribution in [2.45, 2.75) is 76.5 Å². The molecule has 4 N–H and O–H groups in total. The van der Waals surface area contributed by atoms with Crippen molar-refractivity contribution in [3.05, 3.63) is 12.7 Å². The van der Waals surface area contributed by atoms with Crippen LogP contribution in [0.1, 0.15) is 41.5 Å². The van der Waals surface area contributed by atoms with E-state index in [1.165, 1.54) is 13.3 Å². The molecule has 2 aromatic rings. The standard InChI is InChI=1S/C20H33IN7O6P/c1-11(2)33-19(29)14(6)26-35(31,27-16(21)20(30)34-12(3)4)10-32-13(5)7-28-9-25-15-17(22)23-8-24-18(15)28/h8-9,11-14,16H,7,10H2,1-6H3,(H2,22,23,24)(H2,26,27,31)/t13-,14?,16-,35?/m1/s1. The Morgan fingerprint density at radius 3 is 2.31 bits per heavy atom. The molecule has 35 heavy (non-hydrogen) atoms. The Bertz CT molecular complexity index is 1030. The molecule has 2 aromatic heterocycles. The molecule has 0 aromatic carbocycles. The number of hydrogen-bond donors (Lipinski definition) is 3. The number of nitrogens with zero attached hydrogens (tertiary/aromatic N) is 4. The predicted molar refractivity (Wildman–Crippen MR) is 139 cm³/mol. The zero-order valence-electron chi connectivity index (χ0n) is 20.6. The van der Waals surface area contributed by atoms with Crippen molar-refractivity contribution in [1.82, 2.24) is 29.7 Å². The maximum absolute atomic E-state index is 13.8. The molecule has 0 saturated carbocycles. The Balaban J connectivity index is 2.12. The van der Waals surface area contributed by atoms with Crippen molar-refractivity contribution in [3.8, 4) is 0 Å². The van der Waals surface area contributed by atoms with E-state index in [1.54, 1.807) is 68.1 Å². The molecule has 0 radical (unpaired) electrons. The largest absolute Gasteiger partial charge is 0.462 e. The first kappa shape index (κ1) is 29.4. The average molecular weight is 625 g/mol. The van der Waals surface area contributed by atoms with E-state index < -0.39 is 35.6 Å². The van der Waals surface area contributed by atoms with Crippen LogP contribution < -0.4 is 15.9 Å². The van der Waals surface area contributed by atoms with Crippen molar-refractivity contribution in [1.29, 1.82) is 0 Å². The number of anilines is 1. The number of nitrogens with two attached hydrogens (primary N) is 1.